The predicted octanol–water partition coefficient (Wildman–Crippen LogP) is 1.82. The second-order valence-corrected chi connectivity index (χ2v) is 6.28. The molecular weight excluding hydrogens is 274 g/mol. The zero-order valence-electron chi connectivity index (χ0n) is 10.6. The maximum absolute atomic E-state index is 11.4. The molecule has 1 heterocycles. The van der Waals surface area contributed by atoms with Gasteiger partial charge in [0.15, 0.2) is 0 Å². The number of rotatable bonds is 7. The average Bonchev–Trinajstić information content (AvgIpc) is 2.29. The third kappa shape index (κ3) is 4.80. The fourth-order valence-electron chi connectivity index (χ4n) is 1.56. The van der Waals surface area contributed by atoms with E-state index in [1.54, 1.807) is 18.5 Å². The maximum atomic E-state index is 11.4. The Bertz CT molecular complexity index is 479. The Hall–Kier alpha value is -0.850. The Kier molecular flexibility index (Phi) is 5.84. The van der Waals surface area contributed by atoms with Crippen molar-refractivity contribution in [2.24, 2.45) is 0 Å². The van der Waals surface area contributed by atoms with Crippen molar-refractivity contribution in [1.82, 2.24) is 9.29 Å². The van der Waals surface area contributed by atoms with Gasteiger partial charge < -0.3 is 5.32 Å². The minimum absolute atomic E-state index is 0.495. The number of halogens is 1. The van der Waals surface area contributed by atoms with E-state index >= 15 is 0 Å². The molecule has 0 aliphatic heterocycles. The van der Waals surface area contributed by atoms with Gasteiger partial charge in [0.25, 0.3) is 0 Å². The highest BCUT2D eigenvalue weighted by molar-refractivity contribution is 7.88. The summed E-state index contributed by atoms with van der Waals surface area (Å²) in [7, 11) is -3.10. The largest absolute Gasteiger partial charge is 0.384 e. The van der Waals surface area contributed by atoms with Crippen molar-refractivity contribution in [2.45, 2.75) is 13.3 Å². The van der Waals surface area contributed by atoms with Crippen LogP contribution in [0.25, 0.3) is 0 Å². The molecular formula is C11H18ClN3O2S. The molecule has 0 aromatic carbocycles. The third-order valence-electron chi connectivity index (χ3n) is 2.49. The van der Waals surface area contributed by atoms with Gasteiger partial charge in [0.1, 0.15) is 0 Å². The molecule has 102 valence electrons. The molecule has 0 aliphatic rings. The van der Waals surface area contributed by atoms with Crippen LogP contribution in [-0.2, 0) is 10.0 Å². The summed E-state index contributed by atoms with van der Waals surface area (Å²) in [5, 5.41) is 3.71. The maximum Gasteiger partial charge on any atom is 0.211 e. The van der Waals surface area contributed by atoms with Crippen LogP contribution in [-0.4, -0.2) is 43.6 Å². The first-order valence-corrected chi connectivity index (χ1v) is 7.96. The van der Waals surface area contributed by atoms with E-state index in [4.69, 9.17) is 11.6 Å². The van der Waals surface area contributed by atoms with Crippen molar-refractivity contribution in [3.63, 3.8) is 0 Å². The molecule has 5 nitrogen and oxygen atoms in total. The summed E-state index contributed by atoms with van der Waals surface area (Å²) >= 11 is 5.93. The molecule has 0 amide bonds. The van der Waals surface area contributed by atoms with Crippen LogP contribution in [0.2, 0.25) is 5.02 Å². The number of nitrogens with zero attached hydrogens (tertiary/aromatic N) is 2. The van der Waals surface area contributed by atoms with Gasteiger partial charge in [-0.2, -0.15) is 0 Å². The number of hydrogen-bond acceptors (Lipinski definition) is 4. The van der Waals surface area contributed by atoms with Gasteiger partial charge in [0.2, 0.25) is 10.0 Å². The van der Waals surface area contributed by atoms with E-state index in [1.807, 2.05) is 6.92 Å². The number of hydrogen-bond donors (Lipinski definition) is 1. The van der Waals surface area contributed by atoms with Crippen LogP contribution < -0.4 is 5.32 Å². The molecule has 0 spiro atoms. The Labute approximate surface area is 113 Å². The lowest BCUT2D eigenvalue weighted by atomic mass is 10.3. The molecule has 0 saturated carbocycles. The molecule has 1 aromatic rings. The van der Waals surface area contributed by atoms with E-state index in [2.05, 4.69) is 10.3 Å². The predicted molar refractivity (Wildman–Crippen MR) is 74.4 cm³/mol. The second kappa shape index (κ2) is 6.92. The Morgan fingerprint density at radius 2 is 2.22 bits per heavy atom. The van der Waals surface area contributed by atoms with Crippen LogP contribution in [0.15, 0.2) is 18.5 Å². The monoisotopic (exact) mass is 291 g/mol. The first kappa shape index (κ1) is 15.2. The van der Waals surface area contributed by atoms with Crippen molar-refractivity contribution in [1.29, 1.82) is 0 Å². The van der Waals surface area contributed by atoms with E-state index in [-0.39, 0.29) is 0 Å². The van der Waals surface area contributed by atoms with Gasteiger partial charge in [0.05, 0.1) is 17.0 Å². The topological polar surface area (TPSA) is 62.3 Å². The lowest BCUT2D eigenvalue weighted by molar-refractivity contribution is 0.429. The van der Waals surface area contributed by atoms with Gasteiger partial charge in [0, 0.05) is 32.0 Å². The van der Waals surface area contributed by atoms with E-state index < -0.39 is 10.0 Å². The quantitative estimate of drug-likeness (QED) is 0.779. The van der Waals surface area contributed by atoms with E-state index in [9.17, 15) is 8.42 Å². The van der Waals surface area contributed by atoms with E-state index in [0.717, 1.165) is 12.1 Å². The first-order chi connectivity index (χ1) is 8.45. The summed E-state index contributed by atoms with van der Waals surface area (Å²) in [6.45, 7) is 3.49. The van der Waals surface area contributed by atoms with Gasteiger partial charge in [-0.1, -0.05) is 18.5 Å². The van der Waals surface area contributed by atoms with Crippen molar-refractivity contribution in [3.8, 4) is 0 Å². The molecule has 0 atom stereocenters. The minimum atomic E-state index is -3.10. The summed E-state index contributed by atoms with van der Waals surface area (Å²) in [6, 6.07) is 1.79. The fraction of sp³-hybridized carbons (Fsp3) is 0.545. The molecule has 0 unspecified atom stereocenters. The molecule has 1 aromatic heterocycles. The molecule has 7 heteroatoms. The summed E-state index contributed by atoms with van der Waals surface area (Å²) in [5.74, 6) is 0. The van der Waals surface area contributed by atoms with E-state index in [1.165, 1.54) is 10.6 Å². The van der Waals surface area contributed by atoms with Crippen molar-refractivity contribution in [3.05, 3.63) is 23.5 Å². The molecule has 0 aliphatic carbocycles. The highest BCUT2D eigenvalue weighted by atomic mass is 35.5. The Morgan fingerprint density at radius 1 is 1.50 bits per heavy atom. The molecule has 1 N–H and O–H groups in total. The molecule has 18 heavy (non-hydrogen) atoms. The van der Waals surface area contributed by atoms with Crippen LogP contribution in [0.1, 0.15) is 13.3 Å². The van der Waals surface area contributed by atoms with Gasteiger partial charge in [-0.25, -0.2) is 12.7 Å². The number of sulfonamides is 1. The number of pyridine rings is 1. The summed E-state index contributed by atoms with van der Waals surface area (Å²) in [6.07, 6.45) is 5.17. The number of nitrogens with one attached hydrogen (secondary N) is 1. The lowest BCUT2D eigenvalue weighted by Gasteiger charge is -2.17. The zero-order valence-corrected chi connectivity index (χ0v) is 12.1. The molecule has 0 fully saturated rings. The van der Waals surface area contributed by atoms with Crippen LogP contribution >= 0.6 is 11.6 Å². The smallest absolute Gasteiger partial charge is 0.211 e. The van der Waals surface area contributed by atoms with Gasteiger partial charge in [-0.3, -0.25) is 4.98 Å². The summed E-state index contributed by atoms with van der Waals surface area (Å²) < 4.78 is 24.2. The molecule has 1 rings (SSSR count). The normalized spacial score (nSPS) is 11.8. The summed E-state index contributed by atoms with van der Waals surface area (Å²) in [4.78, 5) is 3.89. The Morgan fingerprint density at radius 3 is 2.78 bits per heavy atom. The van der Waals surface area contributed by atoms with Crippen molar-refractivity contribution < 1.29 is 8.42 Å². The second-order valence-electron chi connectivity index (χ2n) is 3.89. The van der Waals surface area contributed by atoms with Crippen LogP contribution in [0, 0.1) is 0 Å². The van der Waals surface area contributed by atoms with Gasteiger partial charge >= 0.3 is 0 Å². The third-order valence-corrected chi connectivity index (χ3v) is 4.17. The van der Waals surface area contributed by atoms with Crippen molar-refractivity contribution >= 4 is 27.3 Å². The van der Waals surface area contributed by atoms with E-state index in [0.29, 0.717) is 24.7 Å². The highest BCUT2D eigenvalue weighted by Crippen LogP contribution is 2.18. The standard InChI is InChI=1S/C11H18ClN3O2S/c1-3-15(18(2,16)17)8-4-6-14-11-5-7-13-9-10(11)12/h5,7,9H,3-4,6,8H2,1-2H3,(H,13,14). The SMILES string of the molecule is CCN(CCCNc1ccncc1Cl)S(C)(=O)=O. The first-order valence-electron chi connectivity index (χ1n) is 5.73. The number of anilines is 1. The fourth-order valence-corrected chi connectivity index (χ4v) is 2.67. The highest BCUT2D eigenvalue weighted by Gasteiger charge is 2.13. The minimum Gasteiger partial charge on any atom is -0.384 e. The average molecular weight is 292 g/mol. The molecule has 0 bridgehead atoms. The molecule has 0 radical (unpaired) electrons. The number of aromatic nitrogens is 1. The lowest BCUT2D eigenvalue weighted by Crippen LogP contribution is -2.31. The zero-order chi connectivity index (χ0) is 13.6. The van der Waals surface area contributed by atoms with Gasteiger partial charge in [-0.05, 0) is 12.5 Å². The molecule has 0 saturated heterocycles. The summed E-state index contributed by atoms with van der Waals surface area (Å²) in [5.41, 5.74) is 0.814. The van der Waals surface area contributed by atoms with Gasteiger partial charge in [-0.15, -0.1) is 0 Å². The van der Waals surface area contributed by atoms with Crippen LogP contribution in [0.3, 0.4) is 0 Å². The van der Waals surface area contributed by atoms with Crippen LogP contribution in [0.4, 0.5) is 5.69 Å². The van der Waals surface area contributed by atoms with Crippen LogP contribution in [0.5, 0.6) is 0 Å². The van der Waals surface area contributed by atoms with Crippen molar-refractivity contribution in [2.75, 3.05) is 31.2 Å². The Balaban J connectivity index is 2.37.